The van der Waals surface area contributed by atoms with Gasteiger partial charge in [-0.05, 0) is 49.6 Å². The van der Waals surface area contributed by atoms with E-state index in [1.165, 1.54) is 10.5 Å². The summed E-state index contributed by atoms with van der Waals surface area (Å²) in [7, 11) is -2.16. The quantitative estimate of drug-likeness (QED) is 0.594. The van der Waals surface area contributed by atoms with E-state index in [9.17, 15) is 13.2 Å². The molecular formula is C20H23N3O4S. The van der Waals surface area contributed by atoms with Gasteiger partial charge in [0.15, 0.2) is 0 Å². The van der Waals surface area contributed by atoms with Crippen molar-refractivity contribution in [2.45, 2.75) is 30.7 Å². The zero-order valence-electron chi connectivity index (χ0n) is 15.8. The van der Waals surface area contributed by atoms with Crippen LogP contribution < -0.4 is 10.2 Å². The third-order valence-electron chi connectivity index (χ3n) is 4.62. The molecule has 0 spiro atoms. The number of carbonyl (C=O) groups is 1. The van der Waals surface area contributed by atoms with Gasteiger partial charge in [0.1, 0.15) is 11.8 Å². The molecule has 0 saturated carbocycles. The second-order valence-electron chi connectivity index (χ2n) is 6.60. The van der Waals surface area contributed by atoms with Gasteiger partial charge in [-0.2, -0.15) is 9.41 Å². The fraction of sp³-hybridized carbons (Fsp3) is 0.300. The van der Waals surface area contributed by atoms with Crippen LogP contribution in [0.15, 0.2) is 58.5 Å². The summed E-state index contributed by atoms with van der Waals surface area (Å²) in [6.45, 7) is 2.21. The lowest BCUT2D eigenvalue weighted by Gasteiger charge is -2.22. The number of sulfonamides is 1. The summed E-state index contributed by atoms with van der Waals surface area (Å²) >= 11 is 0. The Labute approximate surface area is 165 Å². The number of aryl methyl sites for hydroxylation is 1. The molecule has 1 saturated heterocycles. The summed E-state index contributed by atoms with van der Waals surface area (Å²) in [6, 6.07) is 13.1. The molecule has 0 aliphatic carbocycles. The maximum Gasteiger partial charge on any atom is 0.258 e. The van der Waals surface area contributed by atoms with Crippen LogP contribution in [0, 0.1) is 6.92 Å². The molecule has 148 valence electrons. The number of nitrogens with one attached hydrogen (secondary N) is 1. The Morgan fingerprint density at radius 1 is 1.25 bits per heavy atom. The molecule has 8 heteroatoms. The van der Waals surface area contributed by atoms with Crippen LogP contribution in [0.3, 0.4) is 0 Å². The third-order valence-corrected chi connectivity index (χ3v) is 6.54. The minimum atomic E-state index is -3.73. The molecule has 1 atom stereocenters. The van der Waals surface area contributed by atoms with Crippen LogP contribution in [0.5, 0.6) is 5.75 Å². The van der Waals surface area contributed by atoms with E-state index in [1.807, 2.05) is 25.1 Å². The number of methoxy groups -OCH3 is 1. The van der Waals surface area contributed by atoms with Gasteiger partial charge >= 0.3 is 0 Å². The summed E-state index contributed by atoms with van der Waals surface area (Å²) in [5.74, 6) is 0.244. The summed E-state index contributed by atoms with van der Waals surface area (Å²) in [6.07, 6.45) is 2.59. The highest BCUT2D eigenvalue weighted by molar-refractivity contribution is 7.89. The number of hydrogen-bond donors (Lipinski definition) is 1. The van der Waals surface area contributed by atoms with Crippen molar-refractivity contribution in [3.63, 3.8) is 0 Å². The van der Waals surface area contributed by atoms with Crippen molar-refractivity contribution in [1.29, 1.82) is 0 Å². The smallest absolute Gasteiger partial charge is 0.258 e. The van der Waals surface area contributed by atoms with Crippen LogP contribution in [-0.4, -0.2) is 44.5 Å². The predicted octanol–water partition coefficient (Wildman–Crippen LogP) is 2.31. The number of ether oxygens (including phenoxy) is 1. The van der Waals surface area contributed by atoms with Gasteiger partial charge in [-0.15, -0.1) is 0 Å². The molecule has 2 aromatic rings. The first-order chi connectivity index (χ1) is 13.4. The third kappa shape index (κ3) is 4.40. The largest absolute Gasteiger partial charge is 0.497 e. The van der Waals surface area contributed by atoms with Crippen LogP contribution in [0.25, 0.3) is 0 Å². The van der Waals surface area contributed by atoms with Crippen molar-refractivity contribution in [1.82, 2.24) is 9.73 Å². The molecule has 0 radical (unpaired) electrons. The SMILES string of the molecule is COc1cccc(/C=N\NC(=O)[C@@H]2CCCN2S(=O)(=O)c2ccc(C)cc2)c1. The lowest BCUT2D eigenvalue weighted by atomic mass is 10.2. The normalized spacial score (nSPS) is 17.7. The molecule has 1 N–H and O–H groups in total. The van der Waals surface area contributed by atoms with Crippen LogP contribution in [-0.2, 0) is 14.8 Å². The zero-order valence-corrected chi connectivity index (χ0v) is 16.6. The maximum atomic E-state index is 12.9. The second-order valence-corrected chi connectivity index (χ2v) is 8.49. The molecule has 28 heavy (non-hydrogen) atoms. The molecule has 1 fully saturated rings. The minimum Gasteiger partial charge on any atom is -0.497 e. The highest BCUT2D eigenvalue weighted by atomic mass is 32.2. The fourth-order valence-electron chi connectivity index (χ4n) is 3.10. The number of nitrogens with zero attached hydrogens (tertiary/aromatic N) is 2. The molecule has 7 nitrogen and oxygen atoms in total. The van der Waals surface area contributed by atoms with Gasteiger partial charge in [0.05, 0.1) is 18.2 Å². The standard InChI is InChI=1S/C20H23N3O4S/c1-15-8-10-18(11-9-15)28(25,26)23-12-4-7-19(23)20(24)22-21-14-16-5-3-6-17(13-16)27-2/h3,5-6,8-11,13-14,19H,4,7,12H2,1-2H3,(H,22,24)/b21-14-/t19-/m0/s1. The van der Waals surface area contributed by atoms with Crippen molar-refractivity contribution in [2.24, 2.45) is 5.10 Å². The van der Waals surface area contributed by atoms with Crippen LogP contribution >= 0.6 is 0 Å². The van der Waals surface area contributed by atoms with E-state index < -0.39 is 22.0 Å². The van der Waals surface area contributed by atoms with Gasteiger partial charge in [0.2, 0.25) is 10.0 Å². The molecule has 1 aliphatic rings. The van der Waals surface area contributed by atoms with E-state index in [1.54, 1.807) is 37.4 Å². The molecule has 0 aromatic heterocycles. The average Bonchev–Trinajstić information content (AvgIpc) is 3.19. The van der Waals surface area contributed by atoms with Gasteiger partial charge in [-0.25, -0.2) is 13.8 Å². The first-order valence-corrected chi connectivity index (χ1v) is 10.4. The van der Waals surface area contributed by atoms with Gasteiger partial charge in [-0.1, -0.05) is 29.8 Å². The Bertz CT molecular complexity index is 971. The molecule has 0 unspecified atom stereocenters. The van der Waals surface area contributed by atoms with Gasteiger partial charge in [0.25, 0.3) is 5.91 Å². The van der Waals surface area contributed by atoms with Crippen molar-refractivity contribution in [3.05, 3.63) is 59.7 Å². The van der Waals surface area contributed by atoms with Crippen molar-refractivity contribution in [3.8, 4) is 5.75 Å². The number of hydrazone groups is 1. The highest BCUT2D eigenvalue weighted by Crippen LogP contribution is 2.26. The summed E-state index contributed by atoms with van der Waals surface area (Å²) < 4.78 is 32.2. The Morgan fingerprint density at radius 2 is 2.00 bits per heavy atom. The van der Waals surface area contributed by atoms with E-state index in [0.717, 1.165) is 11.1 Å². The monoisotopic (exact) mass is 401 g/mol. The Kier molecular flexibility index (Phi) is 6.11. The summed E-state index contributed by atoms with van der Waals surface area (Å²) in [4.78, 5) is 12.7. The van der Waals surface area contributed by atoms with Crippen LogP contribution in [0.1, 0.15) is 24.0 Å². The molecule has 0 bridgehead atoms. The van der Waals surface area contributed by atoms with E-state index in [2.05, 4.69) is 10.5 Å². The molecular weight excluding hydrogens is 378 g/mol. The first-order valence-electron chi connectivity index (χ1n) is 8.97. The maximum absolute atomic E-state index is 12.9. The number of carbonyl (C=O) groups excluding carboxylic acids is 1. The number of amides is 1. The van der Waals surface area contributed by atoms with Gasteiger partial charge in [-0.3, -0.25) is 4.79 Å². The molecule has 3 rings (SSSR count). The van der Waals surface area contributed by atoms with Gasteiger partial charge in [0, 0.05) is 6.54 Å². The Hall–Kier alpha value is -2.71. The topological polar surface area (TPSA) is 88.1 Å². The number of benzene rings is 2. The lowest BCUT2D eigenvalue weighted by molar-refractivity contribution is -0.124. The molecule has 1 heterocycles. The van der Waals surface area contributed by atoms with Crippen LogP contribution in [0.4, 0.5) is 0 Å². The fourth-order valence-corrected chi connectivity index (χ4v) is 4.76. The first kappa shape index (κ1) is 20.0. The van der Waals surface area contributed by atoms with E-state index in [-0.39, 0.29) is 4.90 Å². The van der Waals surface area contributed by atoms with E-state index >= 15 is 0 Å². The van der Waals surface area contributed by atoms with Gasteiger partial charge < -0.3 is 4.74 Å². The summed E-state index contributed by atoms with van der Waals surface area (Å²) in [5.41, 5.74) is 4.19. The lowest BCUT2D eigenvalue weighted by Crippen LogP contribution is -2.44. The van der Waals surface area contributed by atoms with E-state index in [4.69, 9.17) is 4.74 Å². The number of rotatable bonds is 6. The number of hydrogen-bond acceptors (Lipinski definition) is 5. The van der Waals surface area contributed by atoms with Crippen molar-refractivity contribution >= 4 is 22.1 Å². The Balaban J connectivity index is 1.70. The van der Waals surface area contributed by atoms with Crippen molar-refractivity contribution < 1.29 is 17.9 Å². The second kappa shape index (κ2) is 8.53. The summed E-state index contributed by atoms with van der Waals surface area (Å²) in [5, 5.41) is 3.96. The predicted molar refractivity (Wildman–Crippen MR) is 107 cm³/mol. The molecule has 2 aromatic carbocycles. The van der Waals surface area contributed by atoms with Crippen LogP contribution in [0.2, 0.25) is 0 Å². The Morgan fingerprint density at radius 3 is 2.71 bits per heavy atom. The highest BCUT2D eigenvalue weighted by Gasteiger charge is 2.39. The van der Waals surface area contributed by atoms with E-state index in [0.29, 0.717) is 25.1 Å². The van der Waals surface area contributed by atoms with Crippen molar-refractivity contribution in [2.75, 3.05) is 13.7 Å². The average molecular weight is 401 g/mol. The molecule has 1 amide bonds. The zero-order chi connectivity index (χ0) is 20.1. The molecule has 1 aliphatic heterocycles. The minimum absolute atomic E-state index is 0.192.